The van der Waals surface area contributed by atoms with Gasteiger partial charge in [0.2, 0.25) is 0 Å². The maximum absolute atomic E-state index is 5.98. The highest BCUT2D eigenvalue weighted by Gasteiger charge is 1.98. The lowest BCUT2D eigenvalue weighted by Gasteiger charge is -2.00. The molecule has 0 fully saturated rings. The Kier molecular flexibility index (Phi) is 4.30. The molecule has 0 aliphatic heterocycles. The summed E-state index contributed by atoms with van der Waals surface area (Å²) in [7, 11) is 0. The maximum Gasteiger partial charge on any atom is 0.0479 e. The van der Waals surface area contributed by atoms with Gasteiger partial charge in [-0.3, -0.25) is 0 Å². The van der Waals surface area contributed by atoms with Gasteiger partial charge in [-0.25, -0.2) is 0 Å². The monoisotopic (exact) mass is 278 g/mol. The van der Waals surface area contributed by atoms with E-state index in [4.69, 9.17) is 23.2 Å². The van der Waals surface area contributed by atoms with Crippen molar-refractivity contribution in [3.05, 3.63) is 39.4 Å². The molecule has 3 heteroatoms. The van der Waals surface area contributed by atoms with Crippen LogP contribution in [0.15, 0.2) is 23.8 Å². The Morgan fingerprint density at radius 1 is 1.46 bits per heavy atom. The van der Waals surface area contributed by atoms with Crippen LogP contribution in [-0.4, -0.2) is 5.33 Å². The number of alkyl halides is 1. The van der Waals surface area contributed by atoms with Crippen LogP contribution in [0.1, 0.15) is 12.5 Å². The predicted molar refractivity (Wildman–Crippen MR) is 63.9 cm³/mol. The zero-order chi connectivity index (χ0) is 9.84. The second kappa shape index (κ2) is 5.04. The molecule has 0 atom stereocenters. The Balaban J connectivity index is 3.07. The van der Waals surface area contributed by atoms with Crippen molar-refractivity contribution in [3.8, 4) is 0 Å². The van der Waals surface area contributed by atoms with Gasteiger partial charge in [-0.05, 0) is 30.7 Å². The van der Waals surface area contributed by atoms with E-state index < -0.39 is 0 Å². The van der Waals surface area contributed by atoms with Gasteiger partial charge in [-0.1, -0.05) is 50.8 Å². The van der Waals surface area contributed by atoms with E-state index in [1.165, 1.54) is 5.57 Å². The second-order valence-corrected chi connectivity index (χ2v) is 4.19. The zero-order valence-corrected chi connectivity index (χ0v) is 10.2. The number of benzene rings is 1. The normalized spacial score (nSPS) is 11.8. The first-order chi connectivity index (χ1) is 6.13. The van der Waals surface area contributed by atoms with Crippen molar-refractivity contribution in [1.82, 2.24) is 0 Å². The second-order valence-electron chi connectivity index (χ2n) is 2.79. The lowest BCUT2D eigenvalue weighted by atomic mass is 10.1. The van der Waals surface area contributed by atoms with Crippen LogP contribution in [0.25, 0.3) is 6.08 Å². The first-order valence-corrected chi connectivity index (χ1v) is 5.69. The minimum absolute atomic E-state index is 0.707. The number of hydrogen-bond donors (Lipinski definition) is 0. The molecule has 1 aromatic carbocycles. The molecule has 0 radical (unpaired) electrons. The minimum atomic E-state index is 0.707. The van der Waals surface area contributed by atoms with Crippen LogP contribution < -0.4 is 0 Å². The summed E-state index contributed by atoms with van der Waals surface area (Å²) in [5.74, 6) is 0. The third-order valence-corrected chi connectivity index (χ3v) is 3.03. The summed E-state index contributed by atoms with van der Waals surface area (Å²) in [5, 5.41) is 2.28. The van der Waals surface area contributed by atoms with Crippen molar-refractivity contribution in [3.63, 3.8) is 0 Å². The first-order valence-electron chi connectivity index (χ1n) is 3.81. The molecule has 0 N–H and O–H groups in total. The molecule has 0 heterocycles. The Morgan fingerprint density at radius 2 is 2.15 bits per heavy atom. The molecule has 0 saturated carbocycles. The van der Waals surface area contributed by atoms with Crippen molar-refractivity contribution in [2.75, 3.05) is 5.33 Å². The molecule has 0 saturated heterocycles. The molecule has 70 valence electrons. The fourth-order valence-corrected chi connectivity index (χ4v) is 1.44. The standard InChI is InChI=1S/C10H9BrCl2/c1-7(6-11)4-8-5-9(12)2-3-10(8)13/h2-5H,6H2,1H3/b7-4-. The Labute approximate surface area is 96.7 Å². The van der Waals surface area contributed by atoms with Gasteiger partial charge in [0.1, 0.15) is 0 Å². The van der Waals surface area contributed by atoms with Crippen molar-refractivity contribution in [1.29, 1.82) is 0 Å². The van der Waals surface area contributed by atoms with Gasteiger partial charge in [-0.15, -0.1) is 0 Å². The summed E-state index contributed by atoms with van der Waals surface area (Å²) in [5.41, 5.74) is 2.18. The van der Waals surface area contributed by atoms with Crippen LogP contribution in [0.5, 0.6) is 0 Å². The molecule has 0 aliphatic rings. The van der Waals surface area contributed by atoms with Crippen molar-refractivity contribution >= 4 is 45.2 Å². The summed E-state index contributed by atoms with van der Waals surface area (Å²) >= 11 is 15.2. The summed E-state index contributed by atoms with van der Waals surface area (Å²) in [6.07, 6.45) is 2.02. The van der Waals surface area contributed by atoms with E-state index in [9.17, 15) is 0 Å². The minimum Gasteiger partial charge on any atom is -0.0880 e. The van der Waals surface area contributed by atoms with Gasteiger partial charge >= 0.3 is 0 Å². The molecule has 0 unspecified atom stereocenters. The van der Waals surface area contributed by atoms with E-state index in [0.717, 1.165) is 15.9 Å². The van der Waals surface area contributed by atoms with E-state index in [1.807, 2.05) is 19.1 Å². The van der Waals surface area contributed by atoms with Gasteiger partial charge in [0.15, 0.2) is 0 Å². The fraction of sp³-hybridized carbons (Fsp3) is 0.200. The first kappa shape index (κ1) is 11.1. The average molecular weight is 280 g/mol. The highest BCUT2D eigenvalue weighted by atomic mass is 79.9. The van der Waals surface area contributed by atoms with E-state index in [0.29, 0.717) is 5.02 Å². The molecule has 0 aliphatic carbocycles. The Morgan fingerprint density at radius 3 is 2.77 bits per heavy atom. The van der Waals surface area contributed by atoms with Crippen molar-refractivity contribution in [2.24, 2.45) is 0 Å². The number of allylic oxidation sites excluding steroid dienone is 1. The van der Waals surface area contributed by atoms with Gasteiger partial charge in [0, 0.05) is 15.4 Å². The SMILES string of the molecule is C/C(=C/c1cc(Cl)ccc1Cl)CBr. The summed E-state index contributed by atoms with van der Waals surface area (Å²) in [6, 6.07) is 5.44. The predicted octanol–water partition coefficient (Wildman–Crippen LogP) is 4.79. The molecule has 1 rings (SSSR count). The molecular weight excluding hydrogens is 271 g/mol. The van der Waals surface area contributed by atoms with Gasteiger partial charge in [0.05, 0.1) is 0 Å². The lowest BCUT2D eigenvalue weighted by Crippen LogP contribution is -1.79. The topological polar surface area (TPSA) is 0 Å². The molecular formula is C10H9BrCl2. The number of rotatable bonds is 2. The molecule has 1 aromatic rings. The van der Waals surface area contributed by atoms with Crippen LogP contribution in [-0.2, 0) is 0 Å². The third kappa shape index (κ3) is 3.34. The summed E-state index contributed by atoms with van der Waals surface area (Å²) in [6.45, 7) is 2.03. The molecule has 0 aromatic heterocycles. The lowest BCUT2D eigenvalue weighted by molar-refractivity contribution is 1.45. The number of halogens is 3. The van der Waals surface area contributed by atoms with Gasteiger partial charge in [0.25, 0.3) is 0 Å². The quantitative estimate of drug-likeness (QED) is 0.683. The molecule has 0 bridgehead atoms. The Hall–Kier alpha value is 0.0200. The smallest absolute Gasteiger partial charge is 0.0479 e. The Bertz CT molecular complexity index is 332. The van der Waals surface area contributed by atoms with Crippen LogP contribution in [0, 0.1) is 0 Å². The van der Waals surface area contributed by atoms with Crippen LogP contribution >= 0.6 is 39.1 Å². The van der Waals surface area contributed by atoms with Crippen LogP contribution in [0.3, 0.4) is 0 Å². The van der Waals surface area contributed by atoms with Crippen LogP contribution in [0.4, 0.5) is 0 Å². The summed E-state index contributed by atoms with van der Waals surface area (Å²) < 4.78 is 0. The molecule has 0 amide bonds. The zero-order valence-electron chi connectivity index (χ0n) is 7.15. The van der Waals surface area contributed by atoms with Crippen LogP contribution in [0.2, 0.25) is 10.0 Å². The van der Waals surface area contributed by atoms with Gasteiger partial charge in [-0.2, -0.15) is 0 Å². The maximum atomic E-state index is 5.98. The third-order valence-electron chi connectivity index (χ3n) is 1.57. The molecule has 0 spiro atoms. The highest BCUT2D eigenvalue weighted by molar-refractivity contribution is 9.09. The van der Waals surface area contributed by atoms with E-state index in [1.54, 1.807) is 12.1 Å². The van der Waals surface area contributed by atoms with Crippen molar-refractivity contribution < 1.29 is 0 Å². The van der Waals surface area contributed by atoms with E-state index in [2.05, 4.69) is 15.9 Å². The van der Waals surface area contributed by atoms with Gasteiger partial charge < -0.3 is 0 Å². The molecule has 0 nitrogen and oxygen atoms in total. The largest absolute Gasteiger partial charge is 0.0880 e. The summed E-state index contributed by atoms with van der Waals surface area (Å²) in [4.78, 5) is 0. The van der Waals surface area contributed by atoms with E-state index >= 15 is 0 Å². The number of hydrogen-bond acceptors (Lipinski definition) is 0. The highest BCUT2D eigenvalue weighted by Crippen LogP contribution is 2.23. The van der Waals surface area contributed by atoms with E-state index in [-0.39, 0.29) is 0 Å². The van der Waals surface area contributed by atoms with Crippen molar-refractivity contribution in [2.45, 2.75) is 6.92 Å². The average Bonchev–Trinajstić information content (AvgIpc) is 2.11. The fourth-order valence-electron chi connectivity index (χ4n) is 0.929. The molecule has 13 heavy (non-hydrogen) atoms.